The summed E-state index contributed by atoms with van der Waals surface area (Å²) in [7, 11) is 0. The molecule has 0 aromatic heterocycles. The fraction of sp³-hybridized carbons (Fsp3) is 0.200. The molecule has 2 heteroatoms. The minimum absolute atomic E-state index is 0.899. The van der Waals surface area contributed by atoms with Crippen molar-refractivity contribution in [2.45, 2.75) is 6.42 Å². The van der Waals surface area contributed by atoms with Crippen LogP contribution in [0.1, 0.15) is 12.0 Å². The summed E-state index contributed by atoms with van der Waals surface area (Å²) in [6, 6.07) is 8.01. The first-order valence-electron chi connectivity index (χ1n) is 3.63. The lowest BCUT2D eigenvalue weighted by atomic mass is 10.2. The standard InChI is InChI=1S/C10H8Br2/c11-8-2-1-3-9-4-6-10(12)7-5-9/h4-7H,2,8H2. The van der Waals surface area contributed by atoms with Gasteiger partial charge in [0.1, 0.15) is 0 Å². The molecule has 0 spiro atoms. The van der Waals surface area contributed by atoms with Crippen molar-refractivity contribution in [3.63, 3.8) is 0 Å². The summed E-state index contributed by atoms with van der Waals surface area (Å²) >= 11 is 6.70. The average molecular weight is 288 g/mol. The van der Waals surface area contributed by atoms with Crippen LogP contribution in [0.25, 0.3) is 0 Å². The molecule has 0 fully saturated rings. The third-order valence-corrected chi connectivity index (χ3v) is 2.22. The Kier molecular flexibility index (Phi) is 4.42. The van der Waals surface area contributed by atoms with Crippen molar-refractivity contribution >= 4 is 31.9 Å². The summed E-state index contributed by atoms with van der Waals surface area (Å²) in [4.78, 5) is 0. The van der Waals surface area contributed by atoms with Gasteiger partial charge in [-0.25, -0.2) is 0 Å². The molecule has 0 unspecified atom stereocenters. The normalized spacial score (nSPS) is 8.83. The predicted octanol–water partition coefficient (Wildman–Crippen LogP) is 3.59. The van der Waals surface area contributed by atoms with Gasteiger partial charge in [-0.1, -0.05) is 43.7 Å². The molecule has 62 valence electrons. The van der Waals surface area contributed by atoms with Crippen LogP contribution in [0.5, 0.6) is 0 Å². The molecule has 0 aliphatic heterocycles. The summed E-state index contributed by atoms with van der Waals surface area (Å²) in [6.07, 6.45) is 0.899. The topological polar surface area (TPSA) is 0 Å². The minimum Gasteiger partial charge on any atom is -0.0970 e. The molecular weight excluding hydrogens is 280 g/mol. The number of benzene rings is 1. The molecule has 1 rings (SSSR count). The molecule has 0 N–H and O–H groups in total. The zero-order chi connectivity index (χ0) is 8.81. The Balaban J connectivity index is 2.66. The van der Waals surface area contributed by atoms with Gasteiger partial charge < -0.3 is 0 Å². The smallest absolute Gasteiger partial charge is 0.0246 e. The van der Waals surface area contributed by atoms with Gasteiger partial charge in [0.25, 0.3) is 0 Å². The van der Waals surface area contributed by atoms with E-state index in [4.69, 9.17) is 0 Å². The first kappa shape index (κ1) is 9.83. The van der Waals surface area contributed by atoms with E-state index in [0.717, 1.165) is 21.8 Å². The molecule has 0 saturated heterocycles. The fourth-order valence-corrected chi connectivity index (χ4v) is 1.21. The summed E-state index contributed by atoms with van der Waals surface area (Å²) in [6.45, 7) is 0. The average Bonchev–Trinajstić information content (AvgIpc) is 2.09. The second kappa shape index (κ2) is 5.40. The maximum Gasteiger partial charge on any atom is 0.0246 e. The van der Waals surface area contributed by atoms with Crippen LogP contribution in [-0.2, 0) is 0 Å². The van der Waals surface area contributed by atoms with Gasteiger partial charge in [-0.05, 0) is 24.3 Å². The van der Waals surface area contributed by atoms with Crippen molar-refractivity contribution in [2.75, 3.05) is 5.33 Å². The van der Waals surface area contributed by atoms with Gasteiger partial charge in [-0.15, -0.1) is 0 Å². The Morgan fingerprint density at radius 3 is 2.42 bits per heavy atom. The van der Waals surface area contributed by atoms with Crippen molar-refractivity contribution in [3.8, 4) is 11.8 Å². The van der Waals surface area contributed by atoms with E-state index >= 15 is 0 Å². The van der Waals surface area contributed by atoms with Gasteiger partial charge in [0, 0.05) is 21.8 Å². The van der Waals surface area contributed by atoms with Crippen LogP contribution in [0.4, 0.5) is 0 Å². The highest BCUT2D eigenvalue weighted by atomic mass is 79.9. The molecule has 12 heavy (non-hydrogen) atoms. The minimum atomic E-state index is 0.899. The lowest BCUT2D eigenvalue weighted by molar-refractivity contribution is 1.32. The number of rotatable bonds is 1. The van der Waals surface area contributed by atoms with E-state index in [2.05, 4.69) is 43.7 Å². The van der Waals surface area contributed by atoms with Crippen molar-refractivity contribution in [1.82, 2.24) is 0 Å². The molecule has 0 nitrogen and oxygen atoms in total. The van der Waals surface area contributed by atoms with Gasteiger partial charge in [0.05, 0.1) is 0 Å². The SMILES string of the molecule is BrCCC#Cc1ccc(Br)cc1. The van der Waals surface area contributed by atoms with E-state index in [1.807, 2.05) is 24.3 Å². The van der Waals surface area contributed by atoms with Gasteiger partial charge in [0.2, 0.25) is 0 Å². The highest BCUT2D eigenvalue weighted by Crippen LogP contribution is 2.09. The monoisotopic (exact) mass is 286 g/mol. The predicted molar refractivity (Wildman–Crippen MR) is 59.4 cm³/mol. The van der Waals surface area contributed by atoms with Gasteiger partial charge in [-0.2, -0.15) is 0 Å². The maximum absolute atomic E-state index is 3.37. The third-order valence-electron chi connectivity index (χ3n) is 1.30. The molecule has 1 aromatic rings. The van der Waals surface area contributed by atoms with Crippen LogP contribution in [0.3, 0.4) is 0 Å². The molecule has 0 saturated carbocycles. The zero-order valence-corrected chi connectivity index (χ0v) is 9.65. The number of hydrogen-bond donors (Lipinski definition) is 0. The molecule has 1 aromatic carbocycles. The highest BCUT2D eigenvalue weighted by Gasteiger charge is 1.85. The van der Waals surface area contributed by atoms with Crippen LogP contribution >= 0.6 is 31.9 Å². The molecule has 0 bridgehead atoms. The molecule has 0 aliphatic carbocycles. The summed E-state index contributed by atoms with van der Waals surface area (Å²) in [5.74, 6) is 6.13. The summed E-state index contributed by atoms with van der Waals surface area (Å²) in [5, 5.41) is 0.941. The van der Waals surface area contributed by atoms with E-state index in [9.17, 15) is 0 Å². The Morgan fingerprint density at radius 2 is 1.83 bits per heavy atom. The van der Waals surface area contributed by atoms with Crippen LogP contribution in [0.2, 0.25) is 0 Å². The van der Waals surface area contributed by atoms with E-state index < -0.39 is 0 Å². The van der Waals surface area contributed by atoms with Crippen LogP contribution in [0, 0.1) is 11.8 Å². The summed E-state index contributed by atoms with van der Waals surface area (Å²) < 4.78 is 1.09. The molecule has 0 amide bonds. The fourth-order valence-electron chi connectivity index (χ4n) is 0.745. The Morgan fingerprint density at radius 1 is 1.17 bits per heavy atom. The zero-order valence-electron chi connectivity index (χ0n) is 6.48. The van der Waals surface area contributed by atoms with E-state index in [1.165, 1.54) is 0 Å². The van der Waals surface area contributed by atoms with Crippen LogP contribution < -0.4 is 0 Å². The van der Waals surface area contributed by atoms with Crippen molar-refractivity contribution in [3.05, 3.63) is 34.3 Å². The Labute approximate surface area is 89.6 Å². The van der Waals surface area contributed by atoms with Crippen LogP contribution in [0.15, 0.2) is 28.7 Å². The number of halogens is 2. The van der Waals surface area contributed by atoms with Gasteiger partial charge >= 0.3 is 0 Å². The highest BCUT2D eigenvalue weighted by molar-refractivity contribution is 9.10. The first-order valence-corrected chi connectivity index (χ1v) is 5.55. The van der Waals surface area contributed by atoms with Crippen molar-refractivity contribution in [1.29, 1.82) is 0 Å². The van der Waals surface area contributed by atoms with E-state index in [1.54, 1.807) is 0 Å². The molecule has 0 heterocycles. The van der Waals surface area contributed by atoms with Gasteiger partial charge in [0.15, 0.2) is 0 Å². The Bertz CT molecular complexity index is 290. The molecule has 0 aliphatic rings. The number of hydrogen-bond acceptors (Lipinski definition) is 0. The Hall–Kier alpha value is -0.260. The van der Waals surface area contributed by atoms with E-state index in [-0.39, 0.29) is 0 Å². The van der Waals surface area contributed by atoms with Crippen molar-refractivity contribution < 1.29 is 0 Å². The number of alkyl halides is 1. The lowest BCUT2D eigenvalue weighted by Crippen LogP contribution is -1.73. The molecule has 0 radical (unpaired) electrons. The second-order valence-electron chi connectivity index (χ2n) is 2.25. The van der Waals surface area contributed by atoms with Crippen LogP contribution in [-0.4, -0.2) is 5.33 Å². The van der Waals surface area contributed by atoms with Crippen molar-refractivity contribution in [2.24, 2.45) is 0 Å². The molecule has 0 atom stereocenters. The summed E-state index contributed by atoms with van der Waals surface area (Å²) in [5.41, 5.74) is 1.07. The quantitative estimate of drug-likeness (QED) is 0.547. The third kappa shape index (κ3) is 3.42. The largest absolute Gasteiger partial charge is 0.0970 e. The first-order chi connectivity index (χ1) is 5.83. The second-order valence-corrected chi connectivity index (χ2v) is 3.96. The van der Waals surface area contributed by atoms with Gasteiger partial charge in [-0.3, -0.25) is 0 Å². The molecular formula is C10H8Br2. The van der Waals surface area contributed by atoms with E-state index in [0.29, 0.717) is 0 Å². The maximum atomic E-state index is 3.37. The lowest BCUT2D eigenvalue weighted by Gasteiger charge is -1.89.